The molecule has 3 N–H and O–H groups in total. The van der Waals surface area contributed by atoms with E-state index in [9.17, 15) is 9.59 Å². The van der Waals surface area contributed by atoms with E-state index in [0.717, 1.165) is 5.39 Å². The number of nitrogens with two attached hydrogens (primary N) is 1. The standard InChI is InChI=1S/C13H13N3O2/c1-8(12(14)17)16-13(18)10-6-2-4-9-5-3-7-15-11(9)10/h2-8H,1H3,(H2,14,17)(H,16,18)/t8-/m1/s1. The lowest BCUT2D eigenvalue weighted by Gasteiger charge is -2.11. The van der Waals surface area contributed by atoms with Gasteiger partial charge in [-0.25, -0.2) is 0 Å². The molecule has 1 heterocycles. The molecule has 0 aliphatic carbocycles. The Labute approximate surface area is 104 Å². The minimum Gasteiger partial charge on any atom is -0.368 e. The summed E-state index contributed by atoms with van der Waals surface area (Å²) < 4.78 is 0. The van der Waals surface area contributed by atoms with Crippen molar-refractivity contribution in [3.63, 3.8) is 0 Å². The van der Waals surface area contributed by atoms with Crippen LogP contribution in [-0.2, 0) is 4.79 Å². The average Bonchev–Trinajstić information content (AvgIpc) is 2.37. The van der Waals surface area contributed by atoms with Crippen LogP contribution >= 0.6 is 0 Å². The summed E-state index contributed by atoms with van der Waals surface area (Å²) in [4.78, 5) is 27.1. The van der Waals surface area contributed by atoms with Gasteiger partial charge in [0, 0.05) is 11.6 Å². The van der Waals surface area contributed by atoms with Gasteiger partial charge in [-0.2, -0.15) is 0 Å². The highest BCUT2D eigenvalue weighted by Gasteiger charge is 2.15. The van der Waals surface area contributed by atoms with E-state index >= 15 is 0 Å². The maximum absolute atomic E-state index is 12.0. The first kappa shape index (κ1) is 12.0. The van der Waals surface area contributed by atoms with Gasteiger partial charge >= 0.3 is 0 Å². The number of para-hydroxylation sites is 1. The van der Waals surface area contributed by atoms with Gasteiger partial charge in [0.25, 0.3) is 5.91 Å². The second-order valence-electron chi connectivity index (χ2n) is 3.98. The quantitative estimate of drug-likeness (QED) is 0.837. The number of aromatic nitrogens is 1. The van der Waals surface area contributed by atoms with Crippen molar-refractivity contribution in [2.24, 2.45) is 5.73 Å². The van der Waals surface area contributed by atoms with Crippen molar-refractivity contribution in [3.05, 3.63) is 42.1 Å². The van der Waals surface area contributed by atoms with E-state index in [0.29, 0.717) is 11.1 Å². The molecule has 2 rings (SSSR count). The number of pyridine rings is 1. The third-order valence-corrected chi connectivity index (χ3v) is 2.65. The number of carbonyl (C=O) groups excluding carboxylic acids is 2. The van der Waals surface area contributed by atoms with Crippen LogP contribution in [-0.4, -0.2) is 22.8 Å². The van der Waals surface area contributed by atoms with Gasteiger partial charge in [0.1, 0.15) is 6.04 Å². The Morgan fingerprint density at radius 3 is 2.72 bits per heavy atom. The number of nitrogens with one attached hydrogen (secondary N) is 1. The van der Waals surface area contributed by atoms with Gasteiger partial charge in [0.15, 0.2) is 0 Å². The van der Waals surface area contributed by atoms with Crippen molar-refractivity contribution in [1.82, 2.24) is 10.3 Å². The lowest BCUT2D eigenvalue weighted by molar-refractivity contribution is -0.119. The summed E-state index contributed by atoms with van der Waals surface area (Å²) in [6, 6.07) is 8.27. The molecule has 1 atom stereocenters. The molecule has 0 aliphatic rings. The van der Waals surface area contributed by atoms with Gasteiger partial charge < -0.3 is 11.1 Å². The van der Waals surface area contributed by atoms with Crippen LogP contribution in [0, 0.1) is 0 Å². The average molecular weight is 243 g/mol. The predicted octanol–water partition coefficient (Wildman–Crippen LogP) is 0.838. The fourth-order valence-electron chi connectivity index (χ4n) is 1.63. The van der Waals surface area contributed by atoms with Crippen molar-refractivity contribution in [2.75, 3.05) is 0 Å². The molecule has 1 aromatic carbocycles. The zero-order chi connectivity index (χ0) is 13.1. The highest BCUT2D eigenvalue weighted by Crippen LogP contribution is 2.15. The van der Waals surface area contributed by atoms with Gasteiger partial charge in [0.2, 0.25) is 5.91 Å². The molecule has 18 heavy (non-hydrogen) atoms. The molecule has 5 nitrogen and oxygen atoms in total. The highest BCUT2D eigenvalue weighted by molar-refractivity contribution is 6.06. The summed E-state index contributed by atoms with van der Waals surface area (Å²) in [7, 11) is 0. The van der Waals surface area contributed by atoms with Crippen LogP contribution in [0.2, 0.25) is 0 Å². The highest BCUT2D eigenvalue weighted by atomic mass is 16.2. The molecule has 0 spiro atoms. The van der Waals surface area contributed by atoms with Crippen LogP contribution in [0.3, 0.4) is 0 Å². The maximum atomic E-state index is 12.0. The summed E-state index contributed by atoms with van der Waals surface area (Å²) in [5.41, 5.74) is 6.14. The molecule has 0 saturated carbocycles. The van der Waals surface area contributed by atoms with Crippen molar-refractivity contribution in [3.8, 4) is 0 Å². The second-order valence-corrected chi connectivity index (χ2v) is 3.98. The number of amides is 2. The number of nitrogens with zero attached hydrogens (tertiary/aromatic N) is 1. The molecule has 5 heteroatoms. The molecule has 0 bridgehead atoms. The molecule has 92 valence electrons. The van der Waals surface area contributed by atoms with Crippen LogP contribution in [0.25, 0.3) is 10.9 Å². The minimum absolute atomic E-state index is 0.356. The van der Waals surface area contributed by atoms with Gasteiger partial charge in [0.05, 0.1) is 11.1 Å². The predicted molar refractivity (Wildman–Crippen MR) is 67.9 cm³/mol. The van der Waals surface area contributed by atoms with Gasteiger partial charge in [-0.05, 0) is 19.1 Å². The lowest BCUT2D eigenvalue weighted by Crippen LogP contribution is -2.42. The van der Waals surface area contributed by atoms with Gasteiger partial charge in [-0.1, -0.05) is 18.2 Å². The Balaban J connectivity index is 2.36. The van der Waals surface area contributed by atoms with Crippen LogP contribution in [0.15, 0.2) is 36.5 Å². The van der Waals surface area contributed by atoms with Crippen LogP contribution < -0.4 is 11.1 Å². The molecule has 2 amide bonds. The minimum atomic E-state index is -0.712. The van der Waals surface area contributed by atoms with E-state index in [1.54, 1.807) is 31.3 Å². The fraction of sp³-hybridized carbons (Fsp3) is 0.154. The van der Waals surface area contributed by atoms with E-state index in [-0.39, 0.29) is 5.91 Å². The fourth-order valence-corrected chi connectivity index (χ4v) is 1.63. The maximum Gasteiger partial charge on any atom is 0.254 e. The number of hydrogen-bond acceptors (Lipinski definition) is 3. The number of primary amides is 1. The summed E-state index contributed by atoms with van der Waals surface area (Å²) >= 11 is 0. The smallest absolute Gasteiger partial charge is 0.254 e. The first-order valence-corrected chi connectivity index (χ1v) is 5.53. The van der Waals surface area contributed by atoms with E-state index in [1.807, 2.05) is 12.1 Å². The van der Waals surface area contributed by atoms with E-state index in [2.05, 4.69) is 10.3 Å². The molecular weight excluding hydrogens is 230 g/mol. The molecule has 0 fully saturated rings. The third-order valence-electron chi connectivity index (χ3n) is 2.65. The Morgan fingerprint density at radius 2 is 2.00 bits per heavy atom. The van der Waals surface area contributed by atoms with Gasteiger partial charge in [-0.3, -0.25) is 14.6 Å². The van der Waals surface area contributed by atoms with Crippen molar-refractivity contribution < 1.29 is 9.59 Å². The van der Waals surface area contributed by atoms with Crippen molar-refractivity contribution in [2.45, 2.75) is 13.0 Å². The van der Waals surface area contributed by atoms with Crippen LogP contribution in [0.1, 0.15) is 17.3 Å². The van der Waals surface area contributed by atoms with Crippen LogP contribution in [0.5, 0.6) is 0 Å². The largest absolute Gasteiger partial charge is 0.368 e. The number of fused-ring (bicyclic) bond motifs is 1. The SMILES string of the molecule is C[C@@H](NC(=O)c1cccc2cccnc12)C(N)=O. The summed E-state index contributed by atoms with van der Waals surface area (Å²) in [6.45, 7) is 1.54. The number of benzene rings is 1. The molecule has 0 unspecified atom stereocenters. The zero-order valence-electron chi connectivity index (χ0n) is 9.88. The molecule has 0 saturated heterocycles. The number of hydrogen-bond donors (Lipinski definition) is 2. The normalized spacial score (nSPS) is 12.1. The Kier molecular flexibility index (Phi) is 3.23. The van der Waals surface area contributed by atoms with Crippen LogP contribution in [0.4, 0.5) is 0 Å². The Bertz CT molecular complexity index is 605. The number of rotatable bonds is 3. The molecule has 0 radical (unpaired) electrons. The zero-order valence-corrected chi connectivity index (χ0v) is 9.88. The first-order chi connectivity index (χ1) is 8.59. The third kappa shape index (κ3) is 2.29. The summed E-state index contributed by atoms with van der Waals surface area (Å²) in [5.74, 6) is -0.929. The van der Waals surface area contributed by atoms with Crippen molar-refractivity contribution >= 4 is 22.7 Å². The molecule has 1 aromatic heterocycles. The Hall–Kier alpha value is -2.43. The van der Waals surface area contributed by atoms with E-state index < -0.39 is 11.9 Å². The first-order valence-electron chi connectivity index (χ1n) is 5.53. The van der Waals surface area contributed by atoms with E-state index in [4.69, 9.17) is 5.73 Å². The number of carbonyl (C=O) groups is 2. The van der Waals surface area contributed by atoms with Gasteiger partial charge in [-0.15, -0.1) is 0 Å². The summed E-state index contributed by atoms with van der Waals surface area (Å²) in [5, 5.41) is 3.41. The molecular formula is C13H13N3O2. The molecule has 0 aliphatic heterocycles. The second kappa shape index (κ2) is 4.83. The summed E-state index contributed by atoms with van der Waals surface area (Å²) in [6.07, 6.45) is 1.62. The Morgan fingerprint density at radius 1 is 1.28 bits per heavy atom. The monoisotopic (exact) mass is 243 g/mol. The topological polar surface area (TPSA) is 85.1 Å². The lowest BCUT2D eigenvalue weighted by atomic mass is 10.1. The molecule has 2 aromatic rings. The van der Waals surface area contributed by atoms with Crippen molar-refractivity contribution in [1.29, 1.82) is 0 Å². The van der Waals surface area contributed by atoms with E-state index in [1.165, 1.54) is 0 Å².